The van der Waals surface area contributed by atoms with Gasteiger partial charge in [-0.15, -0.1) is 0 Å². The van der Waals surface area contributed by atoms with Gasteiger partial charge in [0.05, 0.1) is 0 Å². The molecule has 1 aliphatic heterocycles. The van der Waals surface area contributed by atoms with Gasteiger partial charge in [-0.1, -0.05) is 27.7 Å². The van der Waals surface area contributed by atoms with E-state index in [9.17, 15) is 4.79 Å². The minimum absolute atomic E-state index is 0.159. The Morgan fingerprint density at radius 3 is 2.25 bits per heavy atom. The molecular formula is C17H30N2O. The van der Waals surface area contributed by atoms with Crippen molar-refractivity contribution in [3.63, 3.8) is 0 Å². The molecule has 3 nitrogen and oxygen atoms in total. The van der Waals surface area contributed by atoms with Crippen LogP contribution in [-0.2, 0) is 4.79 Å². The van der Waals surface area contributed by atoms with Gasteiger partial charge in [0.15, 0.2) is 0 Å². The summed E-state index contributed by atoms with van der Waals surface area (Å²) < 4.78 is 0. The fraction of sp³-hybridized carbons (Fsp3) is 0.941. The second kappa shape index (κ2) is 4.46. The Kier molecular flexibility index (Phi) is 3.20. The van der Waals surface area contributed by atoms with E-state index >= 15 is 0 Å². The lowest BCUT2D eigenvalue weighted by atomic mass is 9.69. The molecule has 3 rings (SSSR count). The Balaban J connectivity index is 1.72. The molecule has 2 aliphatic carbocycles. The number of amides is 1. The molecule has 3 atom stereocenters. The van der Waals surface area contributed by atoms with Crippen molar-refractivity contribution in [2.45, 2.75) is 65.8 Å². The van der Waals surface area contributed by atoms with E-state index in [-0.39, 0.29) is 10.8 Å². The third kappa shape index (κ3) is 1.85. The second-order valence-corrected chi connectivity index (χ2v) is 8.45. The van der Waals surface area contributed by atoms with Crippen LogP contribution in [0.4, 0.5) is 0 Å². The van der Waals surface area contributed by atoms with Crippen molar-refractivity contribution >= 4 is 5.91 Å². The summed E-state index contributed by atoms with van der Waals surface area (Å²) in [5, 5.41) is 6.81. The maximum absolute atomic E-state index is 12.8. The molecule has 2 N–H and O–H groups in total. The number of hydrogen-bond acceptors (Lipinski definition) is 2. The van der Waals surface area contributed by atoms with Crippen LogP contribution in [-0.4, -0.2) is 25.0 Å². The van der Waals surface area contributed by atoms with Gasteiger partial charge in [0, 0.05) is 11.5 Å². The van der Waals surface area contributed by atoms with Crippen molar-refractivity contribution in [1.82, 2.24) is 10.6 Å². The predicted octanol–water partition coefficient (Wildman–Crippen LogP) is 2.71. The second-order valence-electron chi connectivity index (χ2n) is 8.45. The van der Waals surface area contributed by atoms with Crippen molar-refractivity contribution < 1.29 is 4.79 Å². The molecule has 1 heterocycles. The number of carbonyl (C=O) groups is 1. The average molecular weight is 278 g/mol. The van der Waals surface area contributed by atoms with Crippen LogP contribution in [0.2, 0.25) is 0 Å². The number of rotatable bonds is 2. The summed E-state index contributed by atoms with van der Waals surface area (Å²) in [6.07, 6.45) is 5.73. The molecule has 0 aromatic heterocycles. The van der Waals surface area contributed by atoms with Crippen LogP contribution in [0.15, 0.2) is 0 Å². The summed E-state index contributed by atoms with van der Waals surface area (Å²) in [7, 11) is 0. The highest BCUT2D eigenvalue weighted by Crippen LogP contribution is 2.65. The normalized spacial score (nSPS) is 41.6. The molecule has 20 heavy (non-hydrogen) atoms. The fourth-order valence-electron chi connectivity index (χ4n) is 4.96. The predicted molar refractivity (Wildman–Crippen MR) is 81.4 cm³/mol. The molecule has 1 amide bonds. The maximum atomic E-state index is 12.8. The quantitative estimate of drug-likeness (QED) is 0.815. The van der Waals surface area contributed by atoms with Gasteiger partial charge in [0.2, 0.25) is 5.91 Å². The number of nitrogens with one attached hydrogen (secondary N) is 2. The Morgan fingerprint density at radius 2 is 1.75 bits per heavy atom. The summed E-state index contributed by atoms with van der Waals surface area (Å²) in [5.74, 6) is 1.09. The molecule has 2 saturated carbocycles. The van der Waals surface area contributed by atoms with Gasteiger partial charge in [-0.3, -0.25) is 4.79 Å². The van der Waals surface area contributed by atoms with Gasteiger partial charge in [0.25, 0.3) is 0 Å². The Morgan fingerprint density at radius 1 is 1.10 bits per heavy atom. The first-order valence-electron chi connectivity index (χ1n) is 8.31. The SMILES string of the molecule is CC1(C(=O)NC2CC3CCC2(C)C3(C)C)CCNCC1. The van der Waals surface area contributed by atoms with Crippen molar-refractivity contribution in [2.24, 2.45) is 22.2 Å². The number of fused-ring (bicyclic) bond motifs is 2. The summed E-state index contributed by atoms with van der Waals surface area (Å²) in [6, 6.07) is 0.385. The molecule has 2 bridgehead atoms. The van der Waals surface area contributed by atoms with Crippen molar-refractivity contribution in [2.75, 3.05) is 13.1 Å². The van der Waals surface area contributed by atoms with Gasteiger partial charge in [0.1, 0.15) is 0 Å². The molecule has 0 aromatic rings. The van der Waals surface area contributed by atoms with Gasteiger partial charge < -0.3 is 10.6 Å². The summed E-state index contributed by atoms with van der Waals surface area (Å²) >= 11 is 0. The number of piperidine rings is 1. The first kappa shape index (κ1) is 14.4. The highest BCUT2D eigenvalue weighted by Gasteiger charge is 2.61. The Bertz CT molecular complexity index is 411. The van der Waals surface area contributed by atoms with E-state index < -0.39 is 0 Å². The van der Waals surface area contributed by atoms with Crippen LogP contribution in [0, 0.1) is 22.2 Å². The van der Waals surface area contributed by atoms with Crippen LogP contribution < -0.4 is 10.6 Å². The third-order valence-electron chi connectivity index (χ3n) is 7.35. The van der Waals surface area contributed by atoms with E-state index in [1.807, 2.05) is 0 Å². The van der Waals surface area contributed by atoms with E-state index in [2.05, 4.69) is 38.3 Å². The highest BCUT2D eigenvalue weighted by atomic mass is 16.2. The molecule has 0 radical (unpaired) electrons. The minimum Gasteiger partial charge on any atom is -0.352 e. The van der Waals surface area contributed by atoms with E-state index in [4.69, 9.17) is 0 Å². The molecule has 3 heteroatoms. The van der Waals surface area contributed by atoms with E-state index in [1.165, 1.54) is 19.3 Å². The zero-order valence-electron chi connectivity index (χ0n) is 13.5. The molecule has 1 saturated heterocycles. The zero-order valence-corrected chi connectivity index (χ0v) is 13.5. The van der Waals surface area contributed by atoms with Crippen LogP contribution in [0.5, 0.6) is 0 Å². The summed E-state index contributed by atoms with van der Waals surface area (Å²) in [5.41, 5.74) is 0.504. The first-order chi connectivity index (χ1) is 9.30. The van der Waals surface area contributed by atoms with Crippen molar-refractivity contribution in [3.05, 3.63) is 0 Å². The minimum atomic E-state index is -0.159. The van der Waals surface area contributed by atoms with E-state index in [1.54, 1.807) is 0 Å². The average Bonchev–Trinajstić information content (AvgIpc) is 2.73. The zero-order chi connectivity index (χ0) is 14.6. The van der Waals surface area contributed by atoms with Gasteiger partial charge >= 0.3 is 0 Å². The van der Waals surface area contributed by atoms with Crippen LogP contribution in [0.1, 0.15) is 59.8 Å². The molecule has 3 aliphatic rings. The molecule has 3 fully saturated rings. The lowest BCUT2D eigenvalue weighted by Gasteiger charge is -2.41. The van der Waals surface area contributed by atoms with Crippen LogP contribution in [0.25, 0.3) is 0 Å². The smallest absolute Gasteiger partial charge is 0.226 e. The van der Waals surface area contributed by atoms with Crippen molar-refractivity contribution in [3.8, 4) is 0 Å². The van der Waals surface area contributed by atoms with Gasteiger partial charge in [-0.05, 0) is 61.9 Å². The molecule has 0 spiro atoms. The summed E-state index contributed by atoms with van der Waals surface area (Å²) in [6.45, 7) is 11.3. The van der Waals surface area contributed by atoms with Crippen LogP contribution >= 0.6 is 0 Å². The molecule has 0 aromatic carbocycles. The molecule has 114 valence electrons. The van der Waals surface area contributed by atoms with Gasteiger partial charge in [-0.2, -0.15) is 0 Å². The van der Waals surface area contributed by atoms with Gasteiger partial charge in [-0.25, -0.2) is 0 Å². The summed E-state index contributed by atoms with van der Waals surface area (Å²) in [4.78, 5) is 12.8. The first-order valence-corrected chi connectivity index (χ1v) is 8.31. The number of carbonyl (C=O) groups excluding carboxylic acids is 1. The monoisotopic (exact) mass is 278 g/mol. The van der Waals surface area contributed by atoms with Crippen LogP contribution in [0.3, 0.4) is 0 Å². The fourth-order valence-corrected chi connectivity index (χ4v) is 4.96. The number of hydrogen-bond donors (Lipinski definition) is 2. The topological polar surface area (TPSA) is 41.1 Å². The lowest BCUT2D eigenvalue weighted by Crippen LogP contribution is -2.53. The van der Waals surface area contributed by atoms with E-state index in [0.29, 0.717) is 17.4 Å². The third-order valence-corrected chi connectivity index (χ3v) is 7.35. The van der Waals surface area contributed by atoms with E-state index in [0.717, 1.165) is 31.8 Å². The Hall–Kier alpha value is -0.570. The Labute approximate surface area is 123 Å². The molecule has 3 unspecified atom stereocenters. The van der Waals surface area contributed by atoms with Crippen molar-refractivity contribution in [1.29, 1.82) is 0 Å². The molecular weight excluding hydrogens is 248 g/mol. The maximum Gasteiger partial charge on any atom is 0.226 e. The lowest BCUT2D eigenvalue weighted by molar-refractivity contribution is -0.133. The highest BCUT2D eigenvalue weighted by molar-refractivity contribution is 5.82. The largest absolute Gasteiger partial charge is 0.352 e. The standard InChI is InChI=1S/C17H30N2O/c1-15(2)12-5-6-17(15,4)13(11-12)19-14(20)16(3)7-9-18-10-8-16/h12-13,18H,5-11H2,1-4H3,(H,19,20).